The lowest BCUT2D eigenvalue weighted by atomic mass is 10.0. The van der Waals surface area contributed by atoms with E-state index in [1.165, 1.54) is 0 Å². The van der Waals surface area contributed by atoms with Crippen molar-refractivity contribution in [1.82, 2.24) is 0 Å². The van der Waals surface area contributed by atoms with E-state index >= 15 is 0 Å². The summed E-state index contributed by atoms with van der Waals surface area (Å²) >= 11 is 3.36. The van der Waals surface area contributed by atoms with Crippen molar-refractivity contribution in [2.45, 2.75) is 19.8 Å². The molecule has 21 heavy (non-hydrogen) atoms. The van der Waals surface area contributed by atoms with Crippen LogP contribution in [0.3, 0.4) is 0 Å². The van der Waals surface area contributed by atoms with E-state index in [0.717, 1.165) is 22.2 Å². The van der Waals surface area contributed by atoms with E-state index in [0.29, 0.717) is 5.75 Å². The highest BCUT2D eigenvalue weighted by molar-refractivity contribution is 9.10. The number of nitriles is 1. The van der Waals surface area contributed by atoms with Crippen LogP contribution in [0.5, 0.6) is 11.5 Å². The van der Waals surface area contributed by atoms with Gasteiger partial charge in [0.2, 0.25) is 0 Å². The Morgan fingerprint density at radius 1 is 1.14 bits per heavy atom. The Morgan fingerprint density at radius 3 is 2.29 bits per heavy atom. The monoisotopic (exact) mass is 351 g/mol. The summed E-state index contributed by atoms with van der Waals surface area (Å²) in [6.07, 6.45) is 0. The Kier molecular flexibility index (Phi) is 4.59. The summed E-state index contributed by atoms with van der Waals surface area (Å²) in [7, 11) is 0. The molecule has 0 unspecified atom stereocenters. The van der Waals surface area contributed by atoms with E-state index < -0.39 is 17.4 Å². The zero-order valence-corrected chi connectivity index (χ0v) is 13.0. The van der Waals surface area contributed by atoms with E-state index in [4.69, 9.17) is 10.00 Å². The van der Waals surface area contributed by atoms with E-state index in [1.54, 1.807) is 18.2 Å². The predicted molar refractivity (Wildman–Crippen MR) is 79.4 cm³/mol. The van der Waals surface area contributed by atoms with Crippen molar-refractivity contribution in [3.8, 4) is 17.6 Å². The van der Waals surface area contributed by atoms with Crippen LogP contribution in [0.15, 0.2) is 34.8 Å². The second-order valence-electron chi connectivity index (χ2n) is 4.82. The lowest BCUT2D eigenvalue weighted by Crippen LogP contribution is -1.98. The highest BCUT2D eigenvalue weighted by atomic mass is 79.9. The Balaban J connectivity index is 2.46. The third kappa shape index (κ3) is 3.40. The Labute approximate surface area is 130 Å². The minimum absolute atomic E-state index is 0.0859. The zero-order valence-electron chi connectivity index (χ0n) is 11.5. The van der Waals surface area contributed by atoms with Crippen LogP contribution in [0.1, 0.15) is 30.9 Å². The van der Waals surface area contributed by atoms with Crippen molar-refractivity contribution in [3.63, 3.8) is 0 Å². The first-order chi connectivity index (χ1) is 9.92. The minimum Gasteiger partial charge on any atom is -0.451 e. The number of hydrogen-bond donors (Lipinski definition) is 0. The molecule has 0 amide bonds. The Hall–Kier alpha value is -1.93. The average molecular weight is 352 g/mol. The summed E-state index contributed by atoms with van der Waals surface area (Å²) in [5.41, 5.74) is 0.741. The fraction of sp³-hybridized carbons (Fsp3) is 0.188. The van der Waals surface area contributed by atoms with Gasteiger partial charge in [0.15, 0.2) is 17.4 Å². The molecule has 0 saturated heterocycles. The summed E-state index contributed by atoms with van der Waals surface area (Å²) in [5, 5.41) is 8.69. The molecule has 0 aliphatic carbocycles. The molecule has 0 aromatic heterocycles. The van der Waals surface area contributed by atoms with Gasteiger partial charge in [-0.05, 0) is 41.8 Å². The largest absolute Gasteiger partial charge is 0.451 e. The fourth-order valence-electron chi connectivity index (χ4n) is 1.90. The SMILES string of the molecule is CC(C)c1cc(Br)ccc1Oc1c(F)cc(C#N)cc1F. The molecule has 0 N–H and O–H groups in total. The molecule has 0 bridgehead atoms. The number of halogens is 3. The van der Waals surface area contributed by atoms with Crippen molar-refractivity contribution in [1.29, 1.82) is 5.26 Å². The van der Waals surface area contributed by atoms with Crippen molar-refractivity contribution in [2.75, 3.05) is 0 Å². The van der Waals surface area contributed by atoms with Gasteiger partial charge in [0.05, 0.1) is 11.6 Å². The predicted octanol–water partition coefficient (Wildman–Crippen LogP) is 5.51. The molecule has 0 radical (unpaired) electrons. The first-order valence-corrected chi connectivity index (χ1v) is 7.08. The van der Waals surface area contributed by atoms with Gasteiger partial charge in [0.1, 0.15) is 5.75 Å². The van der Waals surface area contributed by atoms with Crippen LogP contribution in [0.25, 0.3) is 0 Å². The lowest BCUT2D eigenvalue weighted by molar-refractivity contribution is 0.402. The molecule has 0 heterocycles. The molecule has 0 spiro atoms. The Bertz CT molecular complexity index is 700. The molecule has 0 aliphatic rings. The van der Waals surface area contributed by atoms with Gasteiger partial charge in [-0.1, -0.05) is 29.8 Å². The molecule has 0 fully saturated rings. The van der Waals surface area contributed by atoms with Crippen molar-refractivity contribution < 1.29 is 13.5 Å². The van der Waals surface area contributed by atoms with E-state index in [-0.39, 0.29) is 11.5 Å². The van der Waals surface area contributed by atoms with Crippen LogP contribution in [0, 0.1) is 23.0 Å². The third-order valence-electron chi connectivity index (χ3n) is 2.93. The van der Waals surface area contributed by atoms with Gasteiger partial charge in [-0.3, -0.25) is 0 Å². The molecule has 0 saturated carbocycles. The molecule has 2 aromatic rings. The zero-order chi connectivity index (χ0) is 15.6. The van der Waals surface area contributed by atoms with Crippen LogP contribution >= 0.6 is 15.9 Å². The normalized spacial score (nSPS) is 10.5. The molecule has 0 aliphatic heterocycles. The maximum atomic E-state index is 13.9. The number of ether oxygens (including phenoxy) is 1. The molecule has 0 atom stereocenters. The number of benzene rings is 2. The van der Waals surface area contributed by atoms with E-state index in [2.05, 4.69) is 15.9 Å². The highest BCUT2D eigenvalue weighted by Crippen LogP contribution is 2.35. The lowest BCUT2D eigenvalue weighted by Gasteiger charge is -2.15. The average Bonchev–Trinajstić information content (AvgIpc) is 2.43. The summed E-state index contributed by atoms with van der Waals surface area (Å²) in [5.74, 6) is -1.79. The summed E-state index contributed by atoms with van der Waals surface area (Å²) in [4.78, 5) is 0. The van der Waals surface area contributed by atoms with Crippen molar-refractivity contribution >= 4 is 15.9 Å². The van der Waals surface area contributed by atoms with Crippen LogP contribution in [-0.2, 0) is 0 Å². The molecule has 2 aromatic carbocycles. The molecule has 108 valence electrons. The van der Waals surface area contributed by atoms with Crippen molar-refractivity contribution in [2.24, 2.45) is 0 Å². The van der Waals surface area contributed by atoms with Gasteiger partial charge >= 0.3 is 0 Å². The maximum absolute atomic E-state index is 13.9. The first-order valence-electron chi connectivity index (χ1n) is 6.28. The van der Waals surface area contributed by atoms with E-state index in [9.17, 15) is 8.78 Å². The Morgan fingerprint density at radius 2 is 1.76 bits per heavy atom. The second-order valence-corrected chi connectivity index (χ2v) is 5.74. The van der Waals surface area contributed by atoms with Crippen LogP contribution in [-0.4, -0.2) is 0 Å². The molecule has 2 rings (SSSR count). The summed E-state index contributed by atoms with van der Waals surface area (Å²) in [6.45, 7) is 3.92. The van der Waals surface area contributed by atoms with Gasteiger partial charge in [-0.15, -0.1) is 0 Å². The second kappa shape index (κ2) is 6.23. The highest BCUT2D eigenvalue weighted by Gasteiger charge is 2.16. The van der Waals surface area contributed by atoms with Gasteiger partial charge in [-0.2, -0.15) is 5.26 Å². The van der Waals surface area contributed by atoms with Crippen LogP contribution in [0.2, 0.25) is 0 Å². The minimum atomic E-state index is -0.899. The quantitative estimate of drug-likeness (QED) is 0.729. The first kappa shape index (κ1) is 15.5. The van der Waals surface area contributed by atoms with Crippen molar-refractivity contribution in [3.05, 3.63) is 57.6 Å². The van der Waals surface area contributed by atoms with Crippen LogP contribution in [0.4, 0.5) is 8.78 Å². The molecular formula is C16H12BrF2NO. The maximum Gasteiger partial charge on any atom is 0.198 e. The molecular weight excluding hydrogens is 340 g/mol. The molecule has 5 heteroatoms. The van der Waals surface area contributed by atoms with Gasteiger partial charge in [0, 0.05) is 4.47 Å². The van der Waals surface area contributed by atoms with E-state index in [1.807, 2.05) is 19.9 Å². The third-order valence-corrected chi connectivity index (χ3v) is 3.43. The number of nitrogens with zero attached hydrogens (tertiary/aromatic N) is 1. The molecule has 2 nitrogen and oxygen atoms in total. The number of rotatable bonds is 3. The standard InChI is InChI=1S/C16H12BrF2NO/c1-9(2)12-7-11(17)3-4-15(12)21-16-13(18)5-10(8-20)6-14(16)19/h3-7,9H,1-2H3. The van der Waals surface area contributed by atoms with Gasteiger partial charge < -0.3 is 4.74 Å². The topological polar surface area (TPSA) is 33.0 Å². The fourth-order valence-corrected chi connectivity index (χ4v) is 2.27. The van der Waals surface area contributed by atoms with Crippen LogP contribution < -0.4 is 4.74 Å². The summed E-state index contributed by atoms with van der Waals surface area (Å²) in [6, 6.07) is 8.83. The van der Waals surface area contributed by atoms with Gasteiger partial charge in [0.25, 0.3) is 0 Å². The number of hydrogen-bond acceptors (Lipinski definition) is 2. The summed E-state index contributed by atoms with van der Waals surface area (Å²) < 4.78 is 34.0. The van der Waals surface area contributed by atoms with Gasteiger partial charge in [-0.25, -0.2) is 8.78 Å². The smallest absolute Gasteiger partial charge is 0.198 e.